The maximum Gasteiger partial charge on any atom is 0.306 e. The highest BCUT2D eigenvalue weighted by Crippen LogP contribution is 2.28. The van der Waals surface area contributed by atoms with Crippen LogP contribution in [0.25, 0.3) is 11.1 Å². The van der Waals surface area contributed by atoms with Crippen molar-refractivity contribution in [1.29, 1.82) is 0 Å². The van der Waals surface area contributed by atoms with E-state index in [2.05, 4.69) is 10.3 Å². The van der Waals surface area contributed by atoms with Crippen LogP contribution in [0.4, 0.5) is 10.4 Å². The Bertz CT molecular complexity index is 632. The largest absolute Gasteiger partial charge is 0.481 e. The molecule has 0 atom stereocenters. The number of carboxylic acids is 1. The maximum atomic E-state index is 13.5. The Morgan fingerprint density at radius 3 is 2.75 bits per heavy atom. The molecule has 106 valence electrons. The Kier molecular flexibility index (Phi) is 3.30. The molecular weight excluding hydrogens is 263 g/mol. The third-order valence-corrected chi connectivity index (χ3v) is 3.77. The minimum absolute atomic E-state index is 0.127. The molecule has 1 saturated carbocycles. The number of carboxylic acid groups (broad SMARTS) is 1. The van der Waals surface area contributed by atoms with E-state index in [1.165, 1.54) is 6.07 Å². The van der Waals surface area contributed by atoms with Crippen LogP contribution in [0.15, 0.2) is 22.6 Å². The summed E-state index contributed by atoms with van der Waals surface area (Å²) in [7, 11) is 0. The van der Waals surface area contributed by atoms with Crippen molar-refractivity contribution in [3.8, 4) is 0 Å². The van der Waals surface area contributed by atoms with Gasteiger partial charge in [0, 0.05) is 6.04 Å². The third-order valence-electron chi connectivity index (χ3n) is 3.77. The Morgan fingerprint density at radius 1 is 1.35 bits per heavy atom. The zero-order valence-electron chi connectivity index (χ0n) is 10.8. The van der Waals surface area contributed by atoms with E-state index >= 15 is 0 Å². The minimum Gasteiger partial charge on any atom is -0.481 e. The van der Waals surface area contributed by atoms with Crippen LogP contribution in [0.3, 0.4) is 0 Å². The predicted molar refractivity (Wildman–Crippen MR) is 71.0 cm³/mol. The normalized spacial score (nSPS) is 22.9. The predicted octanol–water partition coefficient (Wildman–Crippen LogP) is 3.02. The number of para-hydroxylation sites is 1. The van der Waals surface area contributed by atoms with E-state index in [0.717, 1.165) is 12.8 Å². The Hall–Kier alpha value is -2.11. The van der Waals surface area contributed by atoms with Crippen LogP contribution in [0, 0.1) is 11.7 Å². The number of aromatic nitrogens is 1. The molecule has 6 heteroatoms. The molecular formula is C14H15FN2O3. The molecule has 1 fully saturated rings. The standard InChI is InChI=1S/C14H15FN2O3/c15-10-2-1-3-11-12(10)17-14(20-11)16-9-6-4-8(5-7-9)13(18)19/h1-3,8-9H,4-7H2,(H,16,17)(H,18,19). The second kappa shape index (κ2) is 5.11. The lowest BCUT2D eigenvalue weighted by molar-refractivity contribution is -0.142. The summed E-state index contributed by atoms with van der Waals surface area (Å²) in [5.74, 6) is -1.39. The number of nitrogens with zero attached hydrogens (tertiary/aromatic N) is 1. The van der Waals surface area contributed by atoms with Gasteiger partial charge in [-0.15, -0.1) is 0 Å². The first-order valence-corrected chi connectivity index (χ1v) is 6.68. The molecule has 0 unspecified atom stereocenters. The van der Waals surface area contributed by atoms with E-state index in [0.29, 0.717) is 24.4 Å². The summed E-state index contributed by atoms with van der Waals surface area (Å²) in [6.07, 6.45) is 2.78. The molecule has 5 nitrogen and oxygen atoms in total. The number of anilines is 1. The van der Waals surface area contributed by atoms with Gasteiger partial charge in [0.25, 0.3) is 6.01 Å². The average Bonchev–Trinajstić information content (AvgIpc) is 2.83. The topological polar surface area (TPSA) is 75.4 Å². The lowest BCUT2D eigenvalue weighted by Gasteiger charge is -2.26. The average molecular weight is 278 g/mol. The summed E-state index contributed by atoms with van der Waals surface area (Å²) in [5.41, 5.74) is 0.626. The van der Waals surface area contributed by atoms with Gasteiger partial charge in [-0.3, -0.25) is 4.79 Å². The molecule has 0 spiro atoms. The van der Waals surface area contributed by atoms with Crippen LogP contribution in [-0.2, 0) is 4.79 Å². The number of aliphatic carboxylic acids is 1. The fourth-order valence-corrected chi connectivity index (χ4v) is 2.64. The second-order valence-corrected chi connectivity index (χ2v) is 5.14. The Morgan fingerprint density at radius 2 is 2.10 bits per heavy atom. The van der Waals surface area contributed by atoms with Crippen molar-refractivity contribution < 1.29 is 18.7 Å². The van der Waals surface area contributed by atoms with Crippen LogP contribution < -0.4 is 5.32 Å². The number of carbonyl (C=O) groups is 1. The van der Waals surface area contributed by atoms with E-state index in [1.54, 1.807) is 12.1 Å². The molecule has 1 aliphatic carbocycles. The van der Waals surface area contributed by atoms with Gasteiger partial charge in [-0.2, -0.15) is 4.98 Å². The molecule has 1 aromatic heterocycles. The van der Waals surface area contributed by atoms with Gasteiger partial charge in [0.15, 0.2) is 11.4 Å². The summed E-state index contributed by atoms with van der Waals surface area (Å²) in [6, 6.07) is 5.00. The van der Waals surface area contributed by atoms with Crippen molar-refractivity contribution in [2.75, 3.05) is 5.32 Å². The van der Waals surface area contributed by atoms with Gasteiger partial charge in [-0.1, -0.05) is 6.07 Å². The highest BCUT2D eigenvalue weighted by atomic mass is 19.1. The number of hydrogen-bond acceptors (Lipinski definition) is 4. The number of halogens is 1. The van der Waals surface area contributed by atoms with Crippen LogP contribution >= 0.6 is 0 Å². The molecule has 1 aliphatic rings. The van der Waals surface area contributed by atoms with Gasteiger partial charge in [0.05, 0.1) is 5.92 Å². The molecule has 2 N–H and O–H groups in total. The molecule has 0 amide bonds. The van der Waals surface area contributed by atoms with Crippen LogP contribution in [-0.4, -0.2) is 22.1 Å². The molecule has 0 radical (unpaired) electrons. The van der Waals surface area contributed by atoms with Crippen LogP contribution in [0.5, 0.6) is 0 Å². The SMILES string of the molecule is O=C(O)C1CCC(Nc2nc3c(F)cccc3o2)CC1. The lowest BCUT2D eigenvalue weighted by Crippen LogP contribution is -2.29. The van der Waals surface area contributed by atoms with Crippen molar-refractivity contribution in [2.24, 2.45) is 5.92 Å². The lowest BCUT2D eigenvalue weighted by atomic mass is 9.86. The number of benzene rings is 1. The van der Waals surface area contributed by atoms with Crippen LogP contribution in [0.1, 0.15) is 25.7 Å². The zero-order chi connectivity index (χ0) is 14.1. The van der Waals surface area contributed by atoms with Crippen molar-refractivity contribution in [2.45, 2.75) is 31.7 Å². The molecule has 0 bridgehead atoms. The van der Waals surface area contributed by atoms with E-state index in [1.807, 2.05) is 0 Å². The zero-order valence-corrected chi connectivity index (χ0v) is 10.8. The fourth-order valence-electron chi connectivity index (χ4n) is 2.64. The van der Waals surface area contributed by atoms with E-state index < -0.39 is 11.8 Å². The Labute approximate surface area is 114 Å². The minimum atomic E-state index is -0.729. The highest BCUT2D eigenvalue weighted by Gasteiger charge is 2.26. The summed E-state index contributed by atoms with van der Waals surface area (Å²) in [6.45, 7) is 0. The quantitative estimate of drug-likeness (QED) is 0.902. The third kappa shape index (κ3) is 2.45. The Balaban J connectivity index is 1.68. The first-order chi connectivity index (χ1) is 9.63. The van der Waals surface area contributed by atoms with Crippen LogP contribution in [0.2, 0.25) is 0 Å². The summed E-state index contributed by atoms with van der Waals surface area (Å²) < 4.78 is 19.0. The van der Waals surface area contributed by atoms with Gasteiger partial charge >= 0.3 is 5.97 Å². The van der Waals surface area contributed by atoms with Gasteiger partial charge in [-0.05, 0) is 37.8 Å². The van der Waals surface area contributed by atoms with Crippen molar-refractivity contribution in [3.05, 3.63) is 24.0 Å². The molecule has 1 aromatic carbocycles. The van der Waals surface area contributed by atoms with Gasteiger partial charge in [0.1, 0.15) is 5.52 Å². The second-order valence-electron chi connectivity index (χ2n) is 5.14. The van der Waals surface area contributed by atoms with Crippen molar-refractivity contribution in [3.63, 3.8) is 0 Å². The molecule has 0 saturated heterocycles. The number of nitrogens with one attached hydrogen (secondary N) is 1. The smallest absolute Gasteiger partial charge is 0.306 e. The molecule has 3 rings (SSSR count). The van der Waals surface area contributed by atoms with Crippen molar-refractivity contribution in [1.82, 2.24) is 4.98 Å². The first-order valence-electron chi connectivity index (χ1n) is 6.68. The van der Waals surface area contributed by atoms with Crippen molar-refractivity contribution >= 4 is 23.1 Å². The maximum absolute atomic E-state index is 13.5. The summed E-state index contributed by atoms with van der Waals surface area (Å²) in [5, 5.41) is 12.1. The highest BCUT2D eigenvalue weighted by molar-refractivity contribution is 5.75. The molecule has 2 aromatic rings. The van der Waals surface area contributed by atoms with E-state index in [4.69, 9.17) is 9.52 Å². The van der Waals surface area contributed by atoms with E-state index in [-0.39, 0.29) is 17.5 Å². The fraction of sp³-hybridized carbons (Fsp3) is 0.429. The molecule has 1 heterocycles. The molecule has 0 aliphatic heterocycles. The number of hydrogen-bond donors (Lipinski definition) is 2. The number of oxazole rings is 1. The summed E-state index contributed by atoms with van der Waals surface area (Å²) >= 11 is 0. The molecule has 20 heavy (non-hydrogen) atoms. The van der Waals surface area contributed by atoms with E-state index in [9.17, 15) is 9.18 Å². The van der Waals surface area contributed by atoms with Gasteiger partial charge < -0.3 is 14.8 Å². The van der Waals surface area contributed by atoms with Gasteiger partial charge in [0.2, 0.25) is 0 Å². The first kappa shape index (κ1) is 12.9. The summed E-state index contributed by atoms with van der Waals surface area (Å²) in [4.78, 5) is 15.0. The number of rotatable bonds is 3. The monoisotopic (exact) mass is 278 g/mol. The number of fused-ring (bicyclic) bond motifs is 1. The van der Waals surface area contributed by atoms with Gasteiger partial charge in [-0.25, -0.2) is 4.39 Å².